The van der Waals surface area contributed by atoms with E-state index in [-0.39, 0.29) is 24.9 Å². The maximum absolute atomic E-state index is 13.4. The van der Waals surface area contributed by atoms with Crippen molar-refractivity contribution in [2.45, 2.75) is 77.7 Å². The van der Waals surface area contributed by atoms with Crippen LogP contribution in [0.3, 0.4) is 0 Å². The molecule has 0 spiro atoms. The monoisotopic (exact) mass is 477 g/mol. The smallest absolute Gasteiger partial charge is 0.418 e. The first-order valence-electron chi connectivity index (χ1n) is 10.9. The van der Waals surface area contributed by atoms with Crippen molar-refractivity contribution >= 4 is 5.97 Å². The predicted molar refractivity (Wildman–Crippen MR) is 113 cm³/mol. The van der Waals surface area contributed by atoms with Gasteiger partial charge in [-0.1, -0.05) is 39.3 Å². The Hall–Kier alpha value is -2.45. The van der Waals surface area contributed by atoms with Gasteiger partial charge in [0.05, 0.1) is 17.5 Å². The second-order valence-corrected chi connectivity index (χ2v) is 8.72. The zero-order valence-electron chi connectivity index (χ0n) is 18.9. The van der Waals surface area contributed by atoms with Crippen LogP contribution in [0.25, 0.3) is 0 Å². The second kappa shape index (κ2) is 10.7. The SMILES string of the molecule is CCC(C)C.O=C(O)CC1CCCc2c(C(F)(F)F)cn(Cc3ccc(C(F)(F)F)cc3)c21. The molecule has 0 saturated heterocycles. The summed E-state index contributed by atoms with van der Waals surface area (Å²) in [7, 11) is 0. The van der Waals surface area contributed by atoms with Crippen LogP contribution in [0, 0.1) is 5.92 Å². The van der Waals surface area contributed by atoms with Crippen LogP contribution in [0.15, 0.2) is 30.5 Å². The molecule has 33 heavy (non-hydrogen) atoms. The van der Waals surface area contributed by atoms with Crippen molar-refractivity contribution in [1.29, 1.82) is 0 Å². The topological polar surface area (TPSA) is 42.2 Å². The van der Waals surface area contributed by atoms with Crippen LogP contribution in [-0.4, -0.2) is 15.6 Å². The van der Waals surface area contributed by atoms with E-state index in [0.29, 0.717) is 24.1 Å². The van der Waals surface area contributed by atoms with Gasteiger partial charge in [0.15, 0.2) is 0 Å². The Morgan fingerprint density at radius 3 is 2.12 bits per heavy atom. The molecule has 1 aromatic heterocycles. The summed E-state index contributed by atoms with van der Waals surface area (Å²) in [6, 6.07) is 4.20. The molecular weight excluding hydrogens is 448 g/mol. The molecule has 1 N–H and O–H groups in total. The zero-order valence-corrected chi connectivity index (χ0v) is 18.9. The maximum atomic E-state index is 13.4. The predicted octanol–water partition coefficient (Wildman–Crippen LogP) is 7.52. The Bertz CT molecular complexity index is 926. The van der Waals surface area contributed by atoms with Gasteiger partial charge in [-0.25, -0.2) is 0 Å². The van der Waals surface area contributed by atoms with E-state index in [9.17, 15) is 31.1 Å². The molecule has 3 nitrogen and oxygen atoms in total. The quantitative estimate of drug-likeness (QED) is 0.453. The summed E-state index contributed by atoms with van der Waals surface area (Å²) < 4.78 is 79.8. The number of carboxylic acid groups (broad SMARTS) is 1. The van der Waals surface area contributed by atoms with E-state index >= 15 is 0 Å². The average Bonchev–Trinajstić information content (AvgIpc) is 3.07. The van der Waals surface area contributed by atoms with E-state index in [1.165, 1.54) is 23.1 Å². The summed E-state index contributed by atoms with van der Waals surface area (Å²) >= 11 is 0. The molecule has 1 unspecified atom stereocenters. The lowest BCUT2D eigenvalue weighted by Crippen LogP contribution is -2.18. The first kappa shape index (κ1) is 26.8. The number of hydrogen-bond acceptors (Lipinski definition) is 1. The van der Waals surface area contributed by atoms with Gasteiger partial charge in [-0.15, -0.1) is 0 Å². The van der Waals surface area contributed by atoms with Crippen molar-refractivity contribution in [3.63, 3.8) is 0 Å². The Morgan fingerprint density at radius 2 is 1.67 bits per heavy atom. The minimum atomic E-state index is -4.58. The van der Waals surface area contributed by atoms with E-state index in [1.807, 2.05) is 0 Å². The highest BCUT2D eigenvalue weighted by Gasteiger charge is 2.39. The molecule has 9 heteroatoms. The molecule has 2 aromatic rings. The first-order chi connectivity index (χ1) is 15.2. The zero-order chi connectivity index (χ0) is 25.0. The van der Waals surface area contributed by atoms with Crippen LogP contribution in [0.5, 0.6) is 0 Å². The van der Waals surface area contributed by atoms with Gasteiger partial charge in [0, 0.05) is 24.4 Å². The highest BCUT2D eigenvalue weighted by Crippen LogP contribution is 2.43. The minimum absolute atomic E-state index is 0.0628. The number of alkyl halides is 6. The van der Waals surface area contributed by atoms with Gasteiger partial charge in [0.25, 0.3) is 0 Å². The van der Waals surface area contributed by atoms with Gasteiger partial charge in [0.1, 0.15) is 0 Å². The van der Waals surface area contributed by atoms with Crippen LogP contribution >= 0.6 is 0 Å². The fourth-order valence-corrected chi connectivity index (χ4v) is 3.80. The summed E-state index contributed by atoms with van der Waals surface area (Å²) in [6.07, 6.45) is -6.02. The molecule has 1 aliphatic rings. The molecule has 1 aromatic carbocycles. The standard InChI is InChI=1S/C19H17F6NO2.C5H12/c20-18(21,22)13-6-4-11(5-7-13)9-26-10-15(19(23,24)25)14-3-1-2-12(17(14)26)8-16(27)28;1-4-5(2)3/h4-7,10,12H,1-3,8-9H2,(H,27,28);5H,4H2,1-3H3. The number of carbonyl (C=O) groups is 1. The third kappa shape index (κ3) is 7.27. The van der Waals surface area contributed by atoms with Gasteiger partial charge < -0.3 is 9.67 Å². The van der Waals surface area contributed by atoms with Crippen LogP contribution in [0.1, 0.15) is 80.3 Å². The maximum Gasteiger partial charge on any atom is 0.418 e. The number of carboxylic acids is 1. The Labute approximate surface area is 189 Å². The van der Waals surface area contributed by atoms with Crippen molar-refractivity contribution in [3.8, 4) is 0 Å². The summed E-state index contributed by atoms with van der Waals surface area (Å²) in [6.45, 7) is 6.58. The number of halogens is 6. The van der Waals surface area contributed by atoms with Gasteiger partial charge in [-0.2, -0.15) is 26.3 Å². The third-order valence-electron chi connectivity index (χ3n) is 5.77. The molecular formula is C24H29F6NO2. The number of aromatic nitrogens is 1. The van der Waals surface area contributed by atoms with Crippen molar-refractivity contribution in [2.24, 2.45) is 5.92 Å². The largest absolute Gasteiger partial charge is 0.481 e. The normalized spacial score (nSPS) is 16.2. The highest BCUT2D eigenvalue weighted by molar-refractivity contribution is 5.68. The number of fused-ring (bicyclic) bond motifs is 1. The number of rotatable bonds is 5. The fraction of sp³-hybridized carbons (Fsp3) is 0.542. The van der Waals surface area contributed by atoms with E-state index in [1.54, 1.807) is 0 Å². The molecule has 1 aliphatic carbocycles. The molecule has 0 amide bonds. The van der Waals surface area contributed by atoms with Gasteiger partial charge >= 0.3 is 18.3 Å². The van der Waals surface area contributed by atoms with Crippen molar-refractivity contribution in [2.75, 3.05) is 0 Å². The van der Waals surface area contributed by atoms with Crippen molar-refractivity contribution < 1.29 is 36.2 Å². The third-order valence-corrected chi connectivity index (χ3v) is 5.77. The van der Waals surface area contributed by atoms with Crippen LogP contribution in [0.2, 0.25) is 0 Å². The van der Waals surface area contributed by atoms with Crippen LogP contribution < -0.4 is 0 Å². The molecule has 0 radical (unpaired) electrons. The lowest BCUT2D eigenvalue weighted by atomic mass is 9.84. The van der Waals surface area contributed by atoms with E-state index < -0.39 is 35.4 Å². The number of hydrogen-bond donors (Lipinski definition) is 1. The number of benzene rings is 1. The summed E-state index contributed by atoms with van der Waals surface area (Å²) in [5, 5.41) is 9.11. The van der Waals surface area contributed by atoms with Gasteiger partial charge in [0.2, 0.25) is 0 Å². The Balaban J connectivity index is 0.000000696. The molecule has 0 bridgehead atoms. The fourth-order valence-electron chi connectivity index (χ4n) is 3.80. The number of aliphatic carboxylic acids is 1. The van der Waals surface area contributed by atoms with E-state index in [2.05, 4.69) is 20.8 Å². The van der Waals surface area contributed by atoms with E-state index in [4.69, 9.17) is 5.11 Å². The number of nitrogens with zero attached hydrogens (tertiary/aromatic N) is 1. The van der Waals surface area contributed by atoms with Crippen molar-refractivity contribution in [3.05, 3.63) is 58.4 Å². The molecule has 0 aliphatic heterocycles. The minimum Gasteiger partial charge on any atom is -0.481 e. The lowest BCUT2D eigenvalue weighted by molar-refractivity contribution is -0.138. The summed E-state index contributed by atoms with van der Waals surface area (Å²) in [4.78, 5) is 11.1. The van der Waals surface area contributed by atoms with Gasteiger partial charge in [-0.05, 0) is 48.4 Å². The molecule has 3 rings (SSSR count). The van der Waals surface area contributed by atoms with Crippen LogP contribution in [-0.2, 0) is 30.1 Å². The summed E-state index contributed by atoms with van der Waals surface area (Å²) in [5.74, 6) is -0.782. The molecule has 1 atom stereocenters. The average molecular weight is 477 g/mol. The van der Waals surface area contributed by atoms with E-state index in [0.717, 1.165) is 24.2 Å². The van der Waals surface area contributed by atoms with Gasteiger partial charge in [-0.3, -0.25) is 4.79 Å². The molecule has 184 valence electrons. The Morgan fingerprint density at radius 1 is 1.09 bits per heavy atom. The molecule has 0 saturated carbocycles. The van der Waals surface area contributed by atoms with Crippen LogP contribution in [0.4, 0.5) is 26.3 Å². The summed E-state index contributed by atoms with van der Waals surface area (Å²) in [5.41, 5.74) is -0.827. The van der Waals surface area contributed by atoms with Crippen molar-refractivity contribution in [1.82, 2.24) is 4.57 Å². The Kier molecular flexibility index (Phi) is 8.65. The highest BCUT2D eigenvalue weighted by atomic mass is 19.4. The lowest BCUT2D eigenvalue weighted by Gasteiger charge is -2.25. The second-order valence-electron chi connectivity index (χ2n) is 8.72. The molecule has 1 heterocycles. The first-order valence-corrected chi connectivity index (χ1v) is 10.9. The molecule has 0 fully saturated rings.